The van der Waals surface area contributed by atoms with Gasteiger partial charge >= 0.3 is 0 Å². The lowest BCUT2D eigenvalue weighted by molar-refractivity contribution is 1.14. The lowest BCUT2D eigenvalue weighted by Gasteiger charge is -2.12. The van der Waals surface area contributed by atoms with Crippen molar-refractivity contribution in [3.63, 3.8) is 0 Å². The van der Waals surface area contributed by atoms with Crippen LogP contribution in [0.1, 0.15) is 0 Å². The van der Waals surface area contributed by atoms with Gasteiger partial charge in [0.2, 0.25) is 0 Å². The molecule has 5 nitrogen and oxygen atoms in total. The molecule has 5 heterocycles. The monoisotopic (exact) mass is 903 g/mol. The van der Waals surface area contributed by atoms with Crippen LogP contribution in [0.2, 0.25) is 0 Å². The summed E-state index contributed by atoms with van der Waals surface area (Å²) in [5.74, 6) is 0. The maximum atomic E-state index is 2.48. The Morgan fingerprint density at radius 2 is 0.352 bits per heavy atom. The van der Waals surface area contributed by atoms with Crippen LogP contribution in [0, 0.1) is 0 Å². The third-order valence-corrected chi connectivity index (χ3v) is 15.3. The highest BCUT2D eigenvalue weighted by Gasteiger charge is 2.25. The number of para-hydroxylation sites is 7. The predicted molar refractivity (Wildman–Crippen MR) is 298 cm³/mol. The van der Waals surface area contributed by atoms with Crippen LogP contribution in [0.3, 0.4) is 0 Å². The van der Waals surface area contributed by atoms with Crippen LogP contribution >= 0.6 is 0 Å². The highest BCUT2D eigenvalue weighted by Crippen LogP contribution is 2.47. The lowest BCUT2D eigenvalue weighted by atomic mass is 10.0. The highest BCUT2D eigenvalue weighted by atomic mass is 15.0. The van der Waals surface area contributed by atoms with Crippen molar-refractivity contribution < 1.29 is 0 Å². The van der Waals surface area contributed by atoms with E-state index in [-0.39, 0.29) is 0 Å². The SMILES string of the molecule is c1ccc(-n2c3ccc4c(c5ccccc5n4-c4ccc(-n5c6ccccc6c6ccccc65)cc4)c3c3c4c5ccccc5n(-c5ccc(-n6c7ccccc7c7ccccc76)cc5)c4ccc32)cc1. The Bertz CT molecular complexity index is 4450. The second kappa shape index (κ2) is 14.5. The zero-order chi connectivity index (χ0) is 46.3. The van der Waals surface area contributed by atoms with E-state index in [0.717, 1.165) is 28.4 Å². The van der Waals surface area contributed by atoms with Gasteiger partial charge in [-0.25, -0.2) is 0 Å². The van der Waals surface area contributed by atoms with Crippen molar-refractivity contribution >= 4 is 109 Å². The van der Waals surface area contributed by atoms with Crippen LogP contribution < -0.4 is 0 Å². The molecule has 71 heavy (non-hydrogen) atoms. The van der Waals surface area contributed by atoms with E-state index in [1.54, 1.807) is 0 Å². The molecule has 0 bridgehead atoms. The Kier molecular flexibility index (Phi) is 7.82. The van der Waals surface area contributed by atoms with E-state index in [4.69, 9.17) is 0 Å². The van der Waals surface area contributed by atoms with Gasteiger partial charge in [0.1, 0.15) is 0 Å². The van der Waals surface area contributed by atoms with Crippen LogP contribution in [0.25, 0.3) is 137 Å². The average molecular weight is 904 g/mol. The molecule has 0 aliphatic rings. The molecule has 0 fully saturated rings. The zero-order valence-electron chi connectivity index (χ0n) is 38.4. The highest BCUT2D eigenvalue weighted by molar-refractivity contribution is 6.36. The summed E-state index contributed by atoms with van der Waals surface area (Å²) in [7, 11) is 0. The quantitative estimate of drug-likeness (QED) is 0.164. The van der Waals surface area contributed by atoms with Crippen molar-refractivity contribution in [1.82, 2.24) is 22.8 Å². The maximum absolute atomic E-state index is 2.48. The van der Waals surface area contributed by atoms with Crippen LogP contribution in [0.15, 0.2) is 249 Å². The van der Waals surface area contributed by atoms with Crippen molar-refractivity contribution in [2.75, 3.05) is 0 Å². The number of benzene rings is 11. The van der Waals surface area contributed by atoms with Gasteiger partial charge in [0.15, 0.2) is 0 Å². The third-order valence-electron chi connectivity index (χ3n) is 15.3. The molecule has 0 spiro atoms. The van der Waals surface area contributed by atoms with Crippen LogP contribution in [-0.2, 0) is 0 Å². The van der Waals surface area contributed by atoms with Gasteiger partial charge < -0.3 is 22.8 Å². The van der Waals surface area contributed by atoms with Gasteiger partial charge in [-0.2, -0.15) is 0 Å². The molecule has 16 aromatic rings. The average Bonchev–Trinajstić information content (AvgIpc) is 4.23. The summed E-state index contributed by atoms with van der Waals surface area (Å²) in [4.78, 5) is 0. The summed E-state index contributed by atoms with van der Waals surface area (Å²) in [5, 5.41) is 12.5. The van der Waals surface area contributed by atoms with E-state index in [0.29, 0.717) is 0 Å². The van der Waals surface area contributed by atoms with Gasteiger partial charge in [-0.1, -0.05) is 127 Å². The van der Waals surface area contributed by atoms with Crippen molar-refractivity contribution in [3.8, 4) is 28.4 Å². The van der Waals surface area contributed by atoms with Crippen LogP contribution in [0.4, 0.5) is 0 Å². The zero-order valence-corrected chi connectivity index (χ0v) is 38.4. The Labute approximate surface area is 407 Å². The van der Waals surface area contributed by atoms with Gasteiger partial charge in [-0.3, -0.25) is 0 Å². The molecular weight excluding hydrogens is 863 g/mol. The molecule has 0 saturated heterocycles. The molecule has 0 aliphatic carbocycles. The molecule has 5 heteroatoms. The summed E-state index contributed by atoms with van der Waals surface area (Å²) in [6.45, 7) is 0. The summed E-state index contributed by atoms with van der Waals surface area (Å²) < 4.78 is 12.2. The van der Waals surface area contributed by atoms with Gasteiger partial charge in [-0.05, 0) is 121 Å². The standard InChI is InChI=1S/C66H41N5/c1-2-16-42(17-3-1)71-61-40-38-59-63(51-22-8-14-28-57(51)69(59)45-34-30-43(31-35-45)67-53-24-10-4-18-47(53)48-19-5-11-25-54(48)67)65(61)66-62(71)41-39-60-64(66)52-23-9-15-29-58(52)70(60)46-36-32-44(33-37-46)68-55-26-12-6-20-49(55)50-21-7-13-27-56(50)68/h1-41H. The van der Waals surface area contributed by atoms with Crippen molar-refractivity contribution in [2.45, 2.75) is 0 Å². The molecule has 0 radical (unpaired) electrons. The Hall–Kier alpha value is -9.58. The molecule has 0 amide bonds. The molecule has 0 unspecified atom stereocenters. The first-order valence-corrected chi connectivity index (χ1v) is 24.4. The predicted octanol–water partition coefficient (Wildman–Crippen LogP) is 17.2. The Morgan fingerprint density at radius 3 is 0.676 bits per heavy atom. The fourth-order valence-corrected chi connectivity index (χ4v) is 12.4. The Morgan fingerprint density at radius 1 is 0.141 bits per heavy atom. The number of fused-ring (bicyclic) bond motifs is 17. The molecule has 5 aromatic heterocycles. The van der Waals surface area contributed by atoms with Gasteiger partial charge in [-0.15, -0.1) is 0 Å². The van der Waals surface area contributed by atoms with E-state index >= 15 is 0 Å². The summed E-state index contributed by atoms with van der Waals surface area (Å²) in [5.41, 5.74) is 17.6. The molecule has 11 aromatic carbocycles. The van der Waals surface area contributed by atoms with E-state index in [1.807, 2.05) is 0 Å². The minimum Gasteiger partial charge on any atom is -0.309 e. The smallest absolute Gasteiger partial charge is 0.0549 e. The van der Waals surface area contributed by atoms with Crippen molar-refractivity contribution in [1.29, 1.82) is 0 Å². The normalized spacial score (nSPS) is 12.2. The van der Waals surface area contributed by atoms with Crippen molar-refractivity contribution in [2.24, 2.45) is 0 Å². The summed E-state index contributed by atoms with van der Waals surface area (Å²) in [6.07, 6.45) is 0. The largest absolute Gasteiger partial charge is 0.309 e. The first-order valence-electron chi connectivity index (χ1n) is 24.4. The number of aromatic nitrogens is 5. The minimum absolute atomic E-state index is 1.12. The number of nitrogens with zero attached hydrogens (tertiary/aromatic N) is 5. The molecule has 0 atom stereocenters. The summed E-state index contributed by atoms with van der Waals surface area (Å²) >= 11 is 0. The van der Waals surface area contributed by atoms with Gasteiger partial charge in [0, 0.05) is 82.3 Å². The maximum Gasteiger partial charge on any atom is 0.0549 e. The van der Waals surface area contributed by atoms with Crippen molar-refractivity contribution in [3.05, 3.63) is 249 Å². The first kappa shape index (κ1) is 38.4. The molecule has 0 aliphatic heterocycles. The lowest BCUT2D eigenvalue weighted by Crippen LogP contribution is -1.97. The van der Waals surface area contributed by atoms with Gasteiger partial charge in [0.25, 0.3) is 0 Å². The molecule has 0 N–H and O–H groups in total. The number of hydrogen-bond acceptors (Lipinski definition) is 0. The number of hydrogen-bond donors (Lipinski definition) is 0. The molecule has 0 saturated carbocycles. The molecule has 16 rings (SSSR count). The first-order chi connectivity index (χ1) is 35.3. The van der Waals surface area contributed by atoms with E-state index < -0.39 is 0 Å². The van der Waals surface area contributed by atoms with Gasteiger partial charge in [0.05, 0.1) is 55.2 Å². The second-order valence-electron chi connectivity index (χ2n) is 18.9. The molecule has 330 valence electrons. The number of rotatable bonds is 5. The van der Waals surface area contributed by atoms with Crippen LogP contribution in [0.5, 0.6) is 0 Å². The third kappa shape index (κ3) is 5.24. The minimum atomic E-state index is 1.12. The summed E-state index contributed by atoms with van der Waals surface area (Å²) in [6, 6.07) is 91.4. The van der Waals surface area contributed by atoms with E-state index in [9.17, 15) is 0 Å². The topological polar surface area (TPSA) is 24.6 Å². The fraction of sp³-hybridized carbons (Fsp3) is 0. The van der Waals surface area contributed by atoms with E-state index in [2.05, 4.69) is 272 Å². The molecular formula is C66H41N5. The fourth-order valence-electron chi connectivity index (χ4n) is 12.4. The Balaban J connectivity index is 0.951. The van der Waals surface area contributed by atoms with Crippen LogP contribution in [-0.4, -0.2) is 22.8 Å². The second-order valence-corrected chi connectivity index (χ2v) is 18.9. The van der Waals surface area contributed by atoms with E-state index in [1.165, 1.54) is 109 Å².